The van der Waals surface area contributed by atoms with Gasteiger partial charge in [-0.3, -0.25) is 9.59 Å². The first-order valence-corrected chi connectivity index (χ1v) is 9.21. The summed E-state index contributed by atoms with van der Waals surface area (Å²) >= 11 is 0. The van der Waals surface area contributed by atoms with Crippen molar-refractivity contribution < 1.29 is 19.4 Å². The number of carboxylic acids is 1. The molecule has 3 rings (SSSR count). The van der Waals surface area contributed by atoms with Gasteiger partial charge >= 0.3 is 5.97 Å². The van der Waals surface area contributed by atoms with Crippen LogP contribution in [0.3, 0.4) is 0 Å². The Morgan fingerprint density at radius 3 is 2.62 bits per heavy atom. The molecule has 4 heteroatoms. The van der Waals surface area contributed by atoms with Crippen LogP contribution in [0, 0.1) is 0 Å². The molecular weight excluding hydrogens is 328 g/mol. The molecule has 0 saturated carbocycles. The van der Waals surface area contributed by atoms with Crippen molar-refractivity contribution in [2.24, 2.45) is 0 Å². The molecule has 1 N–H and O–H groups in total. The number of carboxylic acid groups (broad SMARTS) is 1. The second-order valence-corrected chi connectivity index (χ2v) is 6.73. The number of ether oxygens (including phenoxy) is 1. The minimum Gasteiger partial charge on any atom is -0.493 e. The van der Waals surface area contributed by atoms with Crippen LogP contribution in [0.2, 0.25) is 0 Å². The molecule has 0 amide bonds. The van der Waals surface area contributed by atoms with Gasteiger partial charge in [-0.15, -0.1) is 0 Å². The van der Waals surface area contributed by atoms with E-state index in [0.717, 1.165) is 48.1 Å². The van der Waals surface area contributed by atoms with Crippen LogP contribution in [0.4, 0.5) is 0 Å². The van der Waals surface area contributed by atoms with Gasteiger partial charge in [0.15, 0.2) is 5.78 Å². The standard InChI is InChI=1S/C22H24O4/c23-20-12-11-17-14-18(9-4-8-16-6-2-1-3-7-16)21(15-19(17)20)26-13-5-10-22(24)25/h1-3,6-7,14-15H,4-5,8-13H2,(H,24,25). The van der Waals surface area contributed by atoms with E-state index in [1.54, 1.807) is 0 Å². The number of rotatable bonds is 9. The molecule has 2 aromatic rings. The number of hydrogen-bond donors (Lipinski definition) is 1. The maximum Gasteiger partial charge on any atom is 0.303 e. The van der Waals surface area contributed by atoms with Crippen molar-refractivity contribution in [3.05, 3.63) is 64.7 Å². The molecule has 1 aliphatic rings. The molecule has 4 nitrogen and oxygen atoms in total. The fourth-order valence-corrected chi connectivity index (χ4v) is 3.39. The number of carbonyl (C=O) groups excluding carboxylic acids is 1. The topological polar surface area (TPSA) is 63.6 Å². The Morgan fingerprint density at radius 1 is 1.04 bits per heavy atom. The zero-order valence-corrected chi connectivity index (χ0v) is 14.9. The zero-order valence-electron chi connectivity index (χ0n) is 14.9. The maximum absolute atomic E-state index is 12.0. The fourth-order valence-electron chi connectivity index (χ4n) is 3.39. The molecule has 0 spiro atoms. The highest BCUT2D eigenvalue weighted by Gasteiger charge is 2.22. The lowest BCUT2D eigenvalue weighted by molar-refractivity contribution is -0.137. The molecule has 0 aromatic heterocycles. The van der Waals surface area contributed by atoms with Gasteiger partial charge in [0, 0.05) is 18.4 Å². The maximum atomic E-state index is 12.0. The molecule has 0 radical (unpaired) electrons. The van der Waals surface area contributed by atoms with E-state index in [4.69, 9.17) is 9.84 Å². The summed E-state index contributed by atoms with van der Waals surface area (Å²) in [5, 5.41) is 8.75. The molecule has 1 aliphatic carbocycles. The van der Waals surface area contributed by atoms with Gasteiger partial charge in [-0.05, 0) is 54.9 Å². The van der Waals surface area contributed by atoms with Crippen molar-refractivity contribution in [2.75, 3.05) is 6.61 Å². The van der Waals surface area contributed by atoms with Crippen LogP contribution in [-0.2, 0) is 24.1 Å². The van der Waals surface area contributed by atoms with E-state index >= 15 is 0 Å². The first-order chi connectivity index (χ1) is 12.6. The lowest BCUT2D eigenvalue weighted by atomic mass is 9.99. The molecule has 0 aliphatic heterocycles. The van der Waals surface area contributed by atoms with E-state index in [2.05, 4.69) is 18.2 Å². The van der Waals surface area contributed by atoms with E-state index in [0.29, 0.717) is 19.4 Å². The number of carbonyl (C=O) groups is 2. The highest BCUT2D eigenvalue weighted by atomic mass is 16.5. The second kappa shape index (κ2) is 8.65. The van der Waals surface area contributed by atoms with Crippen molar-refractivity contribution >= 4 is 11.8 Å². The Balaban J connectivity index is 1.67. The zero-order chi connectivity index (χ0) is 18.4. The van der Waals surface area contributed by atoms with Crippen LogP contribution in [0.1, 0.15) is 52.7 Å². The summed E-state index contributed by atoms with van der Waals surface area (Å²) in [6.07, 6.45) is 4.81. The summed E-state index contributed by atoms with van der Waals surface area (Å²) in [5.41, 5.74) is 4.31. The summed E-state index contributed by atoms with van der Waals surface area (Å²) in [4.78, 5) is 22.7. The first kappa shape index (κ1) is 18.2. The van der Waals surface area contributed by atoms with E-state index < -0.39 is 5.97 Å². The first-order valence-electron chi connectivity index (χ1n) is 9.21. The van der Waals surface area contributed by atoms with Crippen LogP contribution in [0.5, 0.6) is 5.75 Å². The van der Waals surface area contributed by atoms with Gasteiger partial charge in [0.05, 0.1) is 6.61 Å². The third-order valence-corrected chi connectivity index (χ3v) is 4.76. The Kier molecular flexibility index (Phi) is 6.05. The Morgan fingerprint density at radius 2 is 1.85 bits per heavy atom. The van der Waals surface area contributed by atoms with Gasteiger partial charge in [0.2, 0.25) is 0 Å². The number of hydrogen-bond acceptors (Lipinski definition) is 3. The van der Waals surface area contributed by atoms with E-state index in [9.17, 15) is 9.59 Å². The van der Waals surface area contributed by atoms with Gasteiger partial charge in [0.25, 0.3) is 0 Å². The molecule has 136 valence electrons. The summed E-state index contributed by atoms with van der Waals surface area (Å²) in [6, 6.07) is 14.3. The number of aliphatic carboxylic acids is 1. The molecule has 0 heterocycles. The number of fused-ring (bicyclic) bond motifs is 1. The van der Waals surface area contributed by atoms with Crippen molar-refractivity contribution in [2.45, 2.75) is 44.9 Å². The van der Waals surface area contributed by atoms with Crippen molar-refractivity contribution in [1.29, 1.82) is 0 Å². The lowest BCUT2D eigenvalue weighted by Crippen LogP contribution is -2.05. The average Bonchev–Trinajstić information content (AvgIpc) is 2.99. The van der Waals surface area contributed by atoms with E-state index in [-0.39, 0.29) is 12.2 Å². The van der Waals surface area contributed by atoms with E-state index in [1.165, 1.54) is 5.56 Å². The number of Topliss-reactive ketones (excluding diaryl/α,β-unsaturated/α-hetero) is 1. The third-order valence-electron chi connectivity index (χ3n) is 4.76. The minimum absolute atomic E-state index is 0.0905. The van der Waals surface area contributed by atoms with Crippen LogP contribution in [-0.4, -0.2) is 23.5 Å². The van der Waals surface area contributed by atoms with Crippen LogP contribution < -0.4 is 4.74 Å². The van der Waals surface area contributed by atoms with Crippen LogP contribution in [0.25, 0.3) is 0 Å². The van der Waals surface area contributed by atoms with Gasteiger partial charge < -0.3 is 9.84 Å². The monoisotopic (exact) mass is 352 g/mol. The molecule has 0 saturated heterocycles. The van der Waals surface area contributed by atoms with Gasteiger partial charge in [0.1, 0.15) is 5.75 Å². The quantitative estimate of drug-likeness (QED) is 0.686. The van der Waals surface area contributed by atoms with Crippen molar-refractivity contribution in [1.82, 2.24) is 0 Å². The largest absolute Gasteiger partial charge is 0.493 e. The highest BCUT2D eigenvalue weighted by Crippen LogP contribution is 2.31. The van der Waals surface area contributed by atoms with Crippen molar-refractivity contribution in [3.63, 3.8) is 0 Å². The molecule has 0 atom stereocenters. The molecule has 26 heavy (non-hydrogen) atoms. The van der Waals surface area contributed by atoms with E-state index in [1.807, 2.05) is 24.3 Å². The molecule has 2 aromatic carbocycles. The van der Waals surface area contributed by atoms with Gasteiger partial charge in [-0.2, -0.15) is 0 Å². The van der Waals surface area contributed by atoms with Crippen LogP contribution in [0.15, 0.2) is 42.5 Å². The molecule has 0 fully saturated rings. The smallest absolute Gasteiger partial charge is 0.303 e. The fraction of sp³-hybridized carbons (Fsp3) is 0.364. The summed E-state index contributed by atoms with van der Waals surface area (Å²) in [5.74, 6) is 0.0875. The Labute approximate surface area is 153 Å². The Bertz CT molecular complexity index is 780. The molecule has 0 bridgehead atoms. The predicted molar refractivity (Wildman–Crippen MR) is 99.9 cm³/mol. The Hall–Kier alpha value is -2.62. The average molecular weight is 352 g/mol. The number of benzene rings is 2. The SMILES string of the molecule is O=C(O)CCCOc1cc2c(cc1CCCc1ccccc1)CCC2=O. The number of ketones is 1. The summed E-state index contributed by atoms with van der Waals surface area (Å²) in [6.45, 7) is 0.352. The molecular formula is C22H24O4. The second-order valence-electron chi connectivity index (χ2n) is 6.73. The van der Waals surface area contributed by atoms with Gasteiger partial charge in [-0.25, -0.2) is 0 Å². The number of aryl methyl sites for hydroxylation is 3. The minimum atomic E-state index is -0.819. The predicted octanol–water partition coefficient (Wildman–Crippen LogP) is 4.23. The summed E-state index contributed by atoms with van der Waals surface area (Å²) < 4.78 is 5.85. The highest BCUT2D eigenvalue weighted by molar-refractivity contribution is 6.00. The van der Waals surface area contributed by atoms with Gasteiger partial charge in [-0.1, -0.05) is 36.4 Å². The summed E-state index contributed by atoms with van der Waals surface area (Å²) in [7, 11) is 0. The normalized spacial score (nSPS) is 12.8. The lowest BCUT2D eigenvalue weighted by Gasteiger charge is -2.14. The van der Waals surface area contributed by atoms with Crippen molar-refractivity contribution in [3.8, 4) is 5.75 Å². The molecule has 0 unspecified atom stereocenters. The third kappa shape index (κ3) is 4.72. The van der Waals surface area contributed by atoms with Crippen LogP contribution >= 0.6 is 0 Å².